The normalized spacial score (nSPS) is 30.1. The Hall–Kier alpha value is -1.86. The van der Waals surface area contributed by atoms with Crippen LogP contribution in [0.5, 0.6) is 0 Å². The molecule has 1 N–H and O–H groups in total. The Kier molecular flexibility index (Phi) is 7.66. The molecule has 0 radical (unpaired) electrons. The lowest BCUT2D eigenvalue weighted by atomic mass is 9.89. The van der Waals surface area contributed by atoms with E-state index < -0.39 is 0 Å². The Morgan fingerprint density at radius 2 is 2.15 bits per heavy atom. The Morgan fingerprint density at radius 3 is 2.85 bits per heavy atom. The summed E-state index contributed by atoms with van der Waals surface area (Å²) in [4.78, 5) is 23.4. The third-order valence-corrected chi connectivity index (χ3v) is 5.67. The number of hydrogen-bond acceptors (Lipinski definition) is 4. The second kappa shape index (κ2) is 9.73. The molecule has 2 aliphatic carbocycles. The average molecular weight is 358 g/mol. The van der Waals surface area contributed by atoms with E-state index in [4.69, 9.17) is 0 Å². The summed E-state index contributed by atoms with van der Waals surface area (Å²) in [6.45, 7) is 3.67. The van der Waals surface area contributed by atoms with Crippen molar-refractivity contribution in [1.82, 2.24) is 0 Å². The molecule has 0 aromatic heterocycles. The molecule has 26 heavy (non-hydrogen) atoms. The summed E-state index contributed by atoms with van der Waals surface area (Å²) in [6, 6.07) is 0. The van der Waals surface area contributed by atoms with E-state index in [1.165, 1.54) is 12.7 Å². The van der Waals surface area contributed by atoms with Crippen LogP contribution in [-0.2, 0) is 14.3 Å². The van der Waals surface area contributed by atoms with Gasteiger partial charge in [0.05, 0.1) is 13.2 Å². The third-order valence-electron chi connectivity index (χ3n) is 5.67. The number of ketones is 1. The molecule has 2 unspecified atom stereocenters. The van der Waals surface area contributed by atoms with Crippen LogP contribution in [0.2, 0.25) is 0 Å². The molecule has 2 aliphatic rings. The van der Waals surface area contributed by atoms with Crippen LogP contribution >= 0.6 is 0 Å². The Balaban J connectivity index is 1.93. The standard InChI is InChI=1S/C22H30O4/c1-4-5-7-15(2)20(23)11-10-18-19-13-16(8-6-9-22(25)26-3)12-17(19)14-21(18)24/h8,10-11,15,17-19,21,24H,6-7,9,12-14H2,1-3H3/b11-10+,16-8-/t15?,17?,18-,19+,21-/m1/s1. The maximum atomic E-state index is 12.2. The van der Waals surface area contributed by atoms with Gasteiger partial charge in [-0.15, -0.1) is 11.8 Å². The fourth-order valence-corrected chi connectivity index (χ4v) is 4.16. The van der Waals surface area contributed by atoms with Crippen molar-refractivity contribution in [3.05, 3.63) is 23.8 Å². The minimum absolute atomic E-state index is 0.0416. The summed E-state index contributed by atoms with van der Waals surface area (Å²) in [7, 11) is 1.41. The van der Waals surface area contributed by atoms with E-state index in [-0.39, 0.29) is 29.7 Å². The number of methoxy groups -OCH3 is 1. The zero-order chi connectivity index (χ0) is 19.1. The number of hydrogen-bond donors (Lipinski definition) is 1. The summed E-state index contributed by atoms with van der Waals surface area (Å²) in [5.74, 6) is 6.46. The van der Waals surface area contributed by atoms with Crippen molar-refractivity contribution in [2.24, 2.45) is 23.7 Å². The SMILES string of the molecule is CC#CCC(C)C(=O)/C=C/[C@H]1[C@H](O)CC2C/C(=C/CCC(=O)OC)C[C@@H]21. The molecule has 142 valence electrons. The number of ether oxygens (including phenoxy) is 1. The molecule has 0 aromatic carbocycles. The van der Waals surface area contributed by atoms with Crippen LogP contribution in [0.4, 0.5) is 0 Å². The van der Waals surface area contributed by atoms with E-state index in [0.29, 0.717) is 31.1 Å². The molecular formula is C22H30O4. The van der Waals surface area contributed by atoms with Crippen molar-refractivity contribution in [1.29, 1.82) is 0 Å². The molecular weight excluding hydrogens is 328 g/mol. The fourth-order valence-electron chi connectivity index (χ4n) is 4.16. The summed E-state index contributed by atoms with van der Waals surface area (Å²) in [5.41, 5.74) is 1.37. The number of carbonyl (C=O) groups excluding carboxylic acids is 2. The highest BCUT2D eigenvalue weighted by Crippen LogP contribution is 2.50. The van der Waals surface area contributed by atoms with Gasteiger partial charge < -0.3 is 9.84 Å². The van der Waals surface area contributed by atoms with E-state index in [1.807, 2.05) is 13.0 Å². The van der Waals surface area contributed by atoms with Gasteiger partial charge in [-0.05, 0) is 50.5 Å². The van der Waals surface area contributed by atoms with Crippen LogP contribution in [0.25, 0.3) is 0 Å². The van der Waals surface area contributed by atoms with Gasteiger partial charge >= 0.3 is 5.97 Å². The first-order valence-corrected chi connectivity index (χ1v) is 9.50. The minimum Gasteiger partial charge on any atom is -0.469 e. The number of allylic oxidation sites excluding steroid dienone is 3. The highest BCUT2D eigenvalue weighted by Gasteiger charge is 2.44. The number of esters is 1. The summed E-state index contributed by atoms with van der Waals surface area (Å²) >= 11 is 0. The van der Waals surface area contributed by atoms with Gasteiger partial charge in [0.1, 0.15) is 0 Å². The zero-order valence-corrected chi connectivity index (χ0v) is 16.0. The van der Waals surface area contributed by atoms with Crippen LogP contribution in [0.1, 0.15) is 52.4 Å². The van der Waals surface area contributed by atoms with Crippen LogP contribution in [0, 0.1) is 35.5 Å². The zero-order valence-electron chi connectivity index (χ0n) is 16.0. The van der Waals surface area contributed by atoms with Gasteiger partial charge in [0, 0.05) is 24.7 Å². The lowest BCUT2D eigenvalue weighted by Crippen LogP contribution is -2.17. The van der Waals surface area contributed by atoms with Crippen LogP contribution in [0.15, 0.2) is 23.8 Å². The third kappa shape index (κ3) is 5.32. The van der Waals surface area contributed by atoms with Crippen molar-refractivity contribution >= 4 is 11.8 Å². The predicted octanol–water partition coefficient (Wildman–Crippen LogP) is 3.45. The molecule has 4 nitrogen and oxygen atoms in total. The van der Waals surface area contributed by atoms with E-state index in [0.717, 1.165) is 19.3 Å². The first kappa shape index (κ1) is 20.5. The maximum Gasteiger partial charge on any atom is 0.305 e. The molecule has 0 aromatic rings. The number of fused-ring (bicyclic) bond motifs is 1. The first-order chi connectivity index (χ1) is 12.5. The molecule has 5 atom stereocenters. The second-order valence-electron chi connectivity index (χ2n) is 7.48. The van der Waals surface area contributed by atoms with Gasteiger partial charge in [0.15, 0.2) is 5.78 Å². The Bertz CT molecular complexity index is 634. The van der Waals surface area contributed by atoms with Gasteiger partial charge in [-0.3, -0.25) is 9.59 Å². The number of aliphatic hydroxyl groups excluding tert-OH is 1. The summed E-state index contributed by atoms with van der Waals surface area (Å²) in [6.07, 6.45) is 9.78. The monoisotopic (exact) mass is 358 g/mol. The average Bonchev–Trinajstić information content (AvgIpc) is 3.13. The van der Waals surface area contributed by atoms with Crippen molar-refractivity contribution in [3.63, 3.8) is 0 Å². The van der Waals surface area contributed by atoms with E-state index in [2.05, 4.69) is 22.7 Å². The molecule has 0 saturated heterocycles. The van der Waals surface area contributed by atoms with E-state index in [1.54, 1.807) is 13.0 Å². The Labute approximate surface area is 156 Å². The molecule has 0 bridgehead atoms. The number of carbonyl (C=O) groups is 2. The van der Waals surface area contributed by atoms with Gasteiger partial charge in [-0.1, -0.05) is 24.6 Å². The summed E-state index contributed by atoms with van der Waals surface area (Å²) in [5, 5.41) is 10.4. The lowest BCUT2D eigenvalue weighted by molar-refractivity contribution is -0.140. The first-order valence-electron chi connectivity index (χ1n) is 9.50. The molecule has 2 saturated carbocycles. The Morgan fingerprint density at radius 1 is 1.38 bits per heavy atom. The van der Waals surface area contributed by atoms with Crippen LogP contribution in [0.3, 0.4) is 0 Å². The molecule has 0 amide bonds. The lowest BCUT2D eigenvalue weighted by Gasteiger charge is -2.17. The topological polar surface area (TPSA) is 63.6 Å². The number of rotatable bonds is 7. The molecule has 2 fully saturated rings. The molecule has 0 aliphatic heterocycles. The largest absolute Gasteiger partial charge is 0.469 e. The predicted molar refractivity (Wildman–Crippen MR) is 101 cm³/mol. The molecule has 2 rings (SSSR count). The number of aliphatic hydroxyl groups is 1. The highest BCUT2D eigenvalue weighted by molar-refractivity contribution is 5.91. The quantitative estimate of drug-likeness (QED) is 0.328. The van der Waals surface area contributed by atoms with Crippen molar-refractivity contribution < 1.29 is 19.4 Å². The maximum absolute atomic E-state index is 12.2. The van der Waals surface area contributed by atoms with Crippen molar-refractivity contribution in [2.45, 2.75) is 58.5 Å². The van der Waals surface area contributed by atoms with Crippen molar-refractivity contribution in [2.75, 3.05) is 7.11 Å². The highest BCUT2D eigenvalue weighted by atomic mass is 16.5. The molecule has 0 spiro atoms. The van der Waals surface area contributed by atoms with Crippen LogP contribution < -0.4 is 0 Å². The van der Waals surface area contributed by atoms with Crippen molar-refractivity contribution in [3.8, 4) is 11.8 Å². The van der Waals surface area contributed by atoms with E-state index in [9.17, 15) is 14.7 Å². The van der Waals surface area contributed by atoms with Gasteiger partial charge in [-0.25, -0.2) is 0 Å². The van der Waals surface area contributed by atoms with E-state index >= 15 is 0 Å². The van der Waals surface area contributed by atoms with Crippen LogP contribution in [-0.4, -0.2) is 30.1 Å². The smallest absolute Gasteiger partial charge is 0.305 e. The second-order valence-corrected chi connectivity index (χ2v) is 7.48. The van der Waals surface area contributed by atoms with Gasteiger partial charge in [-0.2, -0.15) is 0 Å². The van der Waals surface area contributed by atoms with Gasteiger partial charge in [0.25, 0.3) is 0 Å². The minimum atomic E-state index is -0.364. The summed E-state index contributed by atoms with van der Waals surface area (Å²) < 4.78 is 4.67. The molecule has 0 heterocycles. The fraction of sp³-hybridized carbons (Fsp3) is 0.636. The molecule has 4 heteroatoms. The van der Waals surface area contributed by atoms with Gasteiger partial charge in [0.2, 0.25) is 0 Å².